The van der Waals surface area contributed by atoms with E-state index in [9.17, 15) is 14.4 Å². The van der Waals surface area contributed by atoms with E-state index in [1.807, 2.05) is 0 Å². The summed E-state index contributed by atoms with van der Waals surface area (Å²) in [5.74, 6) is -2.26. The van der Waals surface area contributed by atoms with Crippen LogP contribution in [0.5, 0.6) is 0 Å². The Hall–Kier alpha value is -2.37. The monoisotopic (exact) mass is 223 g/mol. The van der Waals surface area contributed by atoms with Crippen LogP contribution in [-0.4, -0.2) is 30.2 Å². The molecule has 0 saturated carbocycles. The number of carbonyl (C=O) groups excluding carboxylic acids is 2. The van der Waals surface area contributed by atoms with Gasteiger partial charge in [0, 0.05) is 7.05 Å². The van der Waals surface area contributed by atoms with E-state index < -0.39 is 18.0 Å². The Morgan fingerprint density at radius 3 is 2.25 bits per heavy atom. The first-order valence-corrected chi connectivity index (χ1v) is 4.32. The average Bonchev–Trinajstić information content (AvgIpc) is 2.28. The van der Waals surface area contributed by atoms with Gasteiger partial charge in [0.25, 0.3) is 0 Å². The van der Waals surface area contributed by atoms with E-state index in [0.717, 1.165) is 0 Å². The number of hydrogen-bond donors (Lipinski definition) is 2. The highest BCUT2D eigenvalue weighted by molar-refractivity contribution is 6.05. The molecular formula is C10H9NO5. The molecule has 0 fully saturated rings. The Morgan fingerprint density at radius 1 is 1.19 bits per heavy atom. The lowest BCUT2D eigenvalue weighted by molar-refractivity contribution is 0.0602. The number of carbonyl (C=O) groups is 3. The molecule has 1 amide bonds. The second-order valence-corrected chi connectivity index (χ2v) is 2.78. The van der Waals surface area contributed by atoms with E-state index in [1.165, 1.54) is 31.3 Å². The molecule has 16 heavy (non-hydrogen) atoms. The summed E-state index contributed by atoms with van der Waals surface area (Å²) >= 11 is 0. The van der Waals surface area contributed by atoms with Crippen LogP contribution in [-0.2, 0) is 4.74 Å². The van der Waals surface area contributed by atoms with Gasteiger partial charge in [0.05, 0.1) is 11.1 Å². The van der Waals surface area contributed by atoms with Crippen molar-refractivity contribution in [2.24, 2.45) is 0 Å². The molecule has 0 bridgehead atoms. The quantitative estimate of drug-likeness (QED) is 0.573. The molecule has 6 heteroatoms. The Morgan fingerprint density at radius 2 is 1.75 bits per heavy atom. The van der Waals surface area contributed by atoms with E-state index in [2.05, 4.69) is 10.1 Å². The lowest BCUT2D eigenvalue weighted by Crippen LogP contribution is -2.24. The lowest BCUT2D eigenvalue weighted by Gasteiger charge is -2.04. The molecule has 0 aliphatic heterocycles. The van der Waals surface area contributed by atoms with Crippen LogP contribution in [0.2, 0.25) is 0 Å². The first-order chi connectivity index (χ1) is 7.56. The van der Waals surface area contributed by atoms with Crippen molar-refractivity contribution in [3.05, 3.63) is 35.4 Å². The number of hydrogen-bond acceptors (Lipinski definition) is 4. The normalized spacial score (nSPS) is 9.31. The van der Waals surface area contributed by atoms with Crippen LogP contribution in [0, 0.1) is 0 Å². The van der Waals surface area contributed by atoms with Crippen molar-refractivity contribution < 1.29 is 24.2 Å². The van der Waals surface area contributed by atoms with Crippen molar-refractivity contribution in [3.8, 4) is 0 Å². The molecule has 0 heterocycles. The molecule has 0 saturated heterocycles. The Kier molecular flexibility index (Phi) is 3.60. The maximum absolute atomic E-state index is 11.4. The number of alkyl carbamates (subject to hydrolysis) is 1. The van der Waals surface area contributed by atoms with Crippen LogP contribution in [0.15, 0.2) is 24.3 Å². The summed E-state index contributed by atoms with van der Waals surface area (Å²) in [4.78, 5) is 32.9. The van der Waals surface area contributed by atoms with Gasteiger partial charge in [-0.15, -0.1) is 0 Å². The fourth-order valence-electron chi connectivity index (χ4n) is 1.04. The second-order valence-electron chi connectivity index (χ2n) is 2.78. The predicted octanol–water partition coefficient (Wildman–Crippen LogP) is 0.881. The SMILES string of the molecule is CNC(=O)OC(=O)c1ccccc1C(=O)O. The van der Waals surface area contributed by atoms with Gasteiger partial charge in [-0.25, -0.2) is 14.4 Å². The first-order valence-electron chi connectivity index (χ1n) is 4.32. The lowest BCUT2D eigenvalue weighted by atomic mass is 10.1. The summed E-state index contributed by atoms with van der Waals surface area (Å²) in [6.07, 6.45) is -0.940. The highest BCUT2D eigenvalue weighted by atomic mass is 16.6. The number of carboxylic acid groups (broad SMARTS) is 1. The van der Waals surface area contributed by atoms with Crippen LogP contribution in [0.4, 0.5) is 4.79 Å². The van der Waals surface area contributed by atoms with Crippen molar-refractivity contribution in [3.63, 3.8) is 0 Å². The number of carboxylic acids is 1. The number of nitrogens with one attached hydrogen (secondary N) is 1. The Bertz CT molecular complexity index is 441. The molecule has 0 atom stereocenters. The van der Waals surface area contributed by atoms with Crippen LogP contribution >= 0.6 is 0 Å². The number of rotatable bonds is 2. The van der Waals surface area contributed by atoms with Gasteiger partial charge in [-0.2, -0.15) is 0 Å². The summed E-state index contributed by atoms with van der Waals surface area (Å²) in [5.41, 5.74) is -0.380. The fourth-order valence-corrected chi connectivity index (χ4v) is 1.04. The minimum Gasteiger partial charge on any atom is -0.478 e. The minimum atomic E-state index is -1.26. The molecule has 2 N–H and O–H groups in total. The van der Waals surface area contributed by atoms with Crippen molar-refractivity contribution in [2.75, 3.05) is 7.05 Å². The summed E-state index contributed by atoms with van der Waals surface area (Å²) in [6, 6.07) is 5.48. The number of aromatic carboxylic acids is 1. The van der Waals surface area contributed by atoms with Gasteiger partial charge in [0.1, 0.15) is 0 Å². The van der Waals surface area contributed by atoms with Gasteiger partial charge in [0.2, 0.25) is 0 Å². The third-order valence-corrected chi connectivity index (χ3v) is 1.77. The van der Waals surface area contributed by atoms with Gasteiger partial charge in [0.15, 0.2) is 0 Å². The van der Waals surface area contributed by atoms with Gasteiger partial charge < -0.3 is 15.2 Å². The summed E-state index contributed by atoms with van der Waals surface area (Å²) < 4.78 is 4.32. The van der Waals surface area contributed by atoms with E-state index in [1.54, 1.807) is 0 Å². The third-order valence-electron chi connectivity index (χ3n) is 1.77. The molecule has 1 aromatic rings. The molecule has 1 aromatic carbocycles. The average molecular weight is 223 g/mol. The molecule has 1 rings (SSSR count). The summed E-state index contributed by atoms with van der Waals surface area (Å²) in [7, 11) is 1.29. The van der Waals surface area contributed by atoms with E-state index in [-0.39, 0.29) is 11.1 Å². The number of esters is 1. The zero-order chi connectivity index (χ0) is 12.1. The Balaban J connectivity index is 2.99. The molecule has 0 radical (unpaired) electrons. The standard InChI is InChI=1S/C10H9NO5/c1-11-10(15)16-9(14)7-5-3-2-4-6(7)8(12)13/h2-5H,1H3,(H,11,15)(H,12,13). The van der Waals surface area contributed by atoms with Crippen molar-refractivity contribution >= 4 is 18.0 Å². The van der Waals surface area contributed by atoms with E-state index in [4.69, 9.17) is 5.11 Å². The molecule has 0 aromatic heterocycles. The topological polar surface area (TPSA) is 92.7 Å². The van der Waals surface area contributed by atoms with E-state index >= 15 is 0 Å². The van der Waals surface area contributed by atoms with Crippen molar-refractivity contribution in [1.29, 1.82) is 0 Å². The van der Waals surface area contributed by atoms with Gasteiger partial charge in [-0.1, -0.05) is 12.1 Å². The smallest absolute Gasteiger partial charge is 0.414 e. The minimum absolute atomic E-state index is 0.168. The molecule has 0 spiro atoms. The van der Waals surface area contributed by atoms with Crippen LogP contribution in [0.1, 0.15) is 20.7 Å². The third kappa shape index (κ3) is 2.57. The van der Waals surface area contributed by atoms with Gasteiger partial charge in [-0.05, 0) is 12.1 Å². The van der Waals surface area contributed by atoms with Crippen LogP contribution in [0.3, 0.4) is 0 Å². The molecule has 6 nitrogen and oxygen atoms in total. The highest BCUT2D eigenvalue weighted by Gasteiger charge is 2.18. The first kappa shape index (κ1) is 11.7. The van der Waals surface area contributed by atoms with Gasteiger partial charge >= 0.3 is 18.0 Å². The zero-order valence-corrected chi connectivity index (χ0v) is 8.39. The highest BCUT2D eigenvalue weighted by Crippen LogP contribution is 2.10. The van der Waals surface area contributed by atoms with Crippen LogP contribution in [0.25, 0.3) is 0 Å². The van der Waals surface area contributed by atoms with Gasteiger partial charge in [-0.3, -0.25) is 0 Å². The molecule has 0 unspecified atom stereocenters. The van der Waals surface area contributed by atoms with Crippen LogP contribution < -0.4 is 5.32 Å². The largest absolute Gasteiger partial charge is 0.478 e. The zero-order valence-electron chi connectivity index (χ0n) is 8.39. The van der Waals surface area contributed by atoms with E-state index in [0.29, 0.717) is 0 Å². The Labute approximate surface area is 90.8 Å². The molecule has 84 valence electrons. The molecular weight excluding hydrogens is 214 g/mol. The number of ether oxygens (including phenoxy) is 1. The van der Waals surface area contributed by atoms with Crippen molar-refractivity contribution in [2.45, 2.75) is 0 Å². The molecule has 0 aliphatic carbocycles. The summed E-state index contributed by atoms with van der Waals surface area (Å²) in [6.45, 7) is 0. The fraction of sp³-hybridized carbons (Fsp3) is 0.100. The number of benzene rings is 1. The maximum Gasteiger partial charge on any atom is 0.414 e. The predicted molar refractivity (Wildman–Crippen MR) is 53.3 cm³/mol. The number of amides is 1. The van der Waals surface area contributed by atoms with Crippen molar-refractivity contribution in [1.82, 2.24) is 5.32 Å². The molecule has 0 aliphatic rings. The maximum atomic E-state index is 11.4. The summed E-state index contributed by atoms with van der Waals surface area (Å²) in [5, 5.41) is 10.9. The second kappa shape index (κ2) is 4.92.